The summed E-state index contributed by atoms with van der Waals surface area (Å²) in [6.45, 7) is 1.91. The van der Waals surface area contributed by atoms with E-state index in [9.17, 15) is 9.59 Å². The number of aromatic amines is 1. The number of pyridine rings is 2. The molecule has 1 unspecified atom stereocenters. The Bertz CT molecular complexity index is 984. The minimum absolute atomic E-state index is 0.0659. The highest BCUT2D eigenvalue weighted by Gasteiger charge is 2.34. The van der Waals surface area contributed by atoms with Crippen LogP contribution in [0.3, 0.4) is 0 Å². The van der Waals surface area contributed by atoms with E-state index in [1.54, 1.807) is 35.1 Å². The summed E-state index contributed by atoms with van der Waals surface area (Å²) in [7, 11) is 0. The van der Waals surface area contributed by atoms with Crippen LogP contribution < -0.4 is 10.5 Å². The fourth-order valence-corrected chi connectivity index (χ4v) is 4.23. The van der Waals surface area contributed by atoms with Crippen molar-refractivity contribution in [3.63, 3.8) is 0 Å². The number of H-pyrrole nitrogens is 1. The molecule has 3 heterocycles. The molecule has 1 saturated heterocycles. The van der Waals surface area contributed by atoms with Crippen molar-refractivity contribution in [1.29, 1.82) is 0 Å². The molecule has 24 heavy (non-hydrogen) atoms. The maximum atomic E-state index is 12.4. The van der Waals surface area contributed by atoms with E-state index in [4.69, 9.17) is 0 Å². The van der Waals surface area contributed by atoms with Crippen molar-refractivity contribution in [3.05, 3.63) is 70.3 Å². The number of anilines is 1. The molecular formula is C18H15N3O2S. The van der Waals surface area contributed by atoms with Crippen LogP contribution in [0.2, 0.25) is 0 Å². The number of carbonyl (C=O) groups excluding carboxylic acids is 1. The molecule has 1 N–H and O–H groups in total. The standard InChI is InChI=1S/C18H15N3O2S/c1-11-8-16(22)20-15-9-13(2-3-14(11)15)21-17(23)10-24-18(21)12-4-6-19-7-5-12/h2-9,18H,10H2,1H3,(H,20,22). The molecule has 1 aliphatic heterocycles. The summed E-state index contributed by atoms with van der Waals surface area (Å²) in [6.07, 6.45) is 3.47. The van der Waals surface area contributed by atoms with Gasteiger partial charge in [-0.15, -0.1) is 11.8 Å². The minimum Gasteiger partial charge on any atom is -0.322 e. The third-order valence-electron chi connectivity index (χ3n) is 4.17. The molecule has 1 aliphatic rings. The van der Waals surface area contributed by atoms with Gasteiger partial charge in [-0.25, -0.2) is 0 Å². The third-order valence-corrected chi connectivity index (χ3v) is 5.38. The number of hydrogen-bond donors (Lipinski definition) is 1. The normalized spacial score (nSPS) is 17.6. The van der Waals surface area contributed by atoms with E-state index >= 15 is 0 Å². The summed E-state index contributed by atoms with van der Waals surface area (Å²) in [5, 5.41) is 0.910. The Morgan fingerprint density at radius 3 is 2.75 bits per heavy atom. The zero-order valence-electron chi connectivity index (χ0n) is 13.0. The smallest absolute Gasteiger partial charge is 0.248 e. The lowest BCUT2D eigenvalue weighted by Gasteiger charge is -2.24. The SMILES string of the molecule is Cc1cc(=O)[nH]c2cc(N3C(=O)CSC3c3ccncc3)ccc12. The molecule has 0 saturated carbocycles. The molecular weight excluding hydrogens is 322 g/mol. The molecule has 1 aromatic carbocycles. The lowest BCUT2D eigenvalue weighted by molar-refractivity contribution is -0.115. The number of rotatable bonds is 2. The second-order valence-electron chi connectivity index (χ2n) is 5.75. The summed E-state index contributed by atoms with van der Waals surface area (Å²) < 4.78 is 0. The number of aromatic nitrogens is 2. The second-order valence-corrected chi connectivity index (χ2v) is 6.82. The monoisotopic (exact) mass is 337 g/mol. The Morgan fingerprint density at radius 1 is 1.17 bits per heavy atom. The predicted molar refractivity (Wildman–Crippen MR) is 96.2 cm³/mol. The fourth-order valence-electron chi connectivity index (χ4n) is 3.05. The van der Waals surface area contributed by atoms with Crippen molar-refractivity contribution in [2.75, 3.05) is 10.7 Å². The second kappa shape index (κ2) is 5.79. The lowest BCUT2D eigenvalue weighted by Crippen LogP contribution is -2.27. The first-order chi connectivity index (χ1) is 11.6. The number of aryl methyl sites for hydroxylation is 1. The van der Waals surface area contributed by atoms with Gasteiger partial charge in [-0.05, 0) is 42.3 Å². The molecule has 120 valence electrons. The first-order valence-electron chi connectivity index (χ1n) is 7.61. The number of nitrogens with zero attached hydrogens (tertiary/aromatic N) is 2. The molecule has 5 nitrogen and oxygen atoms in total. The number of carbonyl (C=O) groups is 1. The number of benzene rings is 1. The third kappa shape index (κ3) is 2.49. The van der Waals surface area contributed by atoms with Crippen molar-refractivity contribution in [2.45, 2.75) is 12.3 Å². The Hall–Kier alpha value is -2.60. The van der Waals surface area contributed by atoms with Gasteiger partial charge in [0.1, 0.15) is 5.37 Å². The first-order valence-corrected chi connectivity index (χ1v) is 8.65. The Balaban J connectivity index is 1.82. The van der Waals surface area contributed by atoms with Gasteiger partial charge in [-0.3, -0.25) is 19.5 Å². The van der Waals surface area contributed by atoms with Crippen LogP contribution in [0.15, 0.2) is 53.6 Å². The molecule has 4 rings (SSSR count). The molecule has 0 aliphatic carbocycles. The lowest BCUT2D eigenvalue weighted by atomic mass is 10.1. The molecule has 3 aromatic rings. The highest BCUT2D eigenvalue weighted by molar-refractivity contribution is 8.00. The highest BCUT2D eigenvalue weighted by atomic mass is 32.2. The van der Waals surface area contributed by atoms with Crippen LogP contribution in [0.25, 0.3) is 10.9 Å². The van der Waals surface area contributed by atoms with Gasteiger partial charge in [0.2, 0.25) is 11.5 Å². The highest BCUT2D eigenvalue weighted by Crippen LogP contribution is 2.42. The zero-order valence-corrected chi connectivity index (χ0v) is 13.8. The molecule has 0 spiro atoms. The van der Waals surface area contributed by atoms with Gasteiger partial charge in [-0.1, -0.05) is 6.07 Å². The van der Waals surface area contributed by atoms with Crippen LogP contribution in [0, 0.1) is 6.92 Å². The van der Waals surface area contributed by atoms with Crippen molar-refractivity contribution in [1.82, 2.24) is 9.97 Å². The predicted octanol–water partition coefficient (Wildman–Crippen LogP) is 3.01. The number of thioether (sulfide) groups is 1. The van der Waals surface area contributed by atoms with Crippen molar-refractivity contribution >= 4 is 34.3 Å². The number of amides is 1. The van der Waals surface area contributed by atoms with E-state index in [1.807, 2.05) is 37.3 Å². The number of nitrogens with one attached hydrogen (secondary N) is 1. The van der Waals surface area contributed by atoms with E-state index < -0.39 is 0 Å². The van der Waals surface area contributed by atoms with Gasteiger partial charge < -0.3 is 4.98 Å². The van der Waals surface area contributed by atoms with E-state index in [0.29, 0.717) is 5.75 Å². The molecule has 0 radical (unpaired) electrons. The largest absolute Gasteiger partial charge is 0.322 e. The molecule has 1 atom stereocenters. The van der Waals surface area contributed by atoms with Crippen molar-refractivity contribution in [3.8, 4) is 0 Å². The Morgan fingerprint density at radius 2 is 1.96 bits per heavy atom. The van der Waals surface area contributed by atoms with Gasteiger partial charge in [-0.2, -0.15) is 0 Å². The van der Waals surface area contributed by atoms with Gasteiger partial charge in [0.25, 0.3) is 0 Å². The minimum atomic E-state index is -0.134. The molecule has 1 amide bonds. The van der Waals surface area contributed by atoms with Crippen LogP contribution in [-0.2, 0) is 4.79 Å². The molecule has 1 fully saturated rings. The average molecular weight is 337 g/mol. The summed E-state index contributed by atoms with van der Waals surface area (Å²) >= 11 is 1.59. The maximum absolute atomic E-state index is 12.4. The summed E-state index contributed by atoms with van der Waals surface area (Å²) in [5.74, 6) is 0.506. The van der Waals surface area contributed by atoms with E-state index in [0.717, 1.165) is 27.7 Å². The van der Waals surface area contributed by atoms with Gasteiger partial charge >= 0.3 is 0 Å². The van der Waals surface area contributed by atoms with Crippen molar-refractivity contribution < 1.29 is 4.79 Å². The molecule has 0 bridgehead atoms. The van der Waals surface area contributed by atoms with Gasteiger partial charge in [0, 0.05) is 29.5 Å². The van der Waals surface area contributed by atoms with Crippen LogP contribution in [0.4, 0.5) is 5.69 Å². The zero-order chi connectivity index (χ0) is 16.7. The Labute approximate surface area is 142 Å². The van der Waals surface area contributed by atoms with Gasteiger partial charge in [0.15, 0.2) is 0 Å². The summed E-state index contributed by atoms with van der Waals surface area (Å²) in [4.78, 5) is 32.9. The van der Waals surface area contributed by atoms with Gasteiger partial charge in [0.05, 0.1) is 11.3 Å². The topological polar surface area (TPSA) is 66.1 Å². The number of fused-ring (bicyclic) bond motifs is 1. The summed E-state index contributed by atoms with van der Waals surface area (Å²) in [6, 6.07) is 11.2. The van der Waals surface area contributed by atoms with E-state index in [1.165, 1.54) is 0 Å². The van der Waals surface area contributed by atoms with Crippen LogP contribution >= 0.6 is 11.8 Å². The molecule has 2 aromatic heterocycles. The number of hydrogen-bond acceptors (Lipinski definition) is 4. The van der Waals surface area contributed by atoms with Crippen LogP contribution in [0.5, 0.6) is 0 Å². The van der Waals surface area contributed by atoms with E-state index in [-0.39, 0.29) is 16.8 Å². The van der Waals surface area contributed by atoms with Crippen LogP contribution in [-0.4, -0.2) is 21.6 Å². The van der Waals surface area contributed by atoms with Crippen LogP contribution in [0.1, 0.15) is 16.5 Å². The Kier molecular flexibility index (Phi) is 3.61. The average Bonchev–Trinajstić information content (AvgIpc) is 2.96. The first kappa shape index (κ1) is 15.0. The summed E-state index contributed by atoms with van der Waals surface area (Å²) in [5.41, 5.74) is 3.37. The van der Waals surface area contributed by atoms with Crippen molar-refractivity contribution in [2.24, 2.45) is 0 Å². The quantitative estimate of drug-likeness (QED) is 0.781. The fraction of sp³-hybridized carbons (Fsp3) is 0.167. The maximum Gasteiger partial charge on any atom is 0.248 e. The van der Waals surface area contributed by atoms with E-state index in [2.05, 4.69) is 9.97 Å². The molecule has 6 heteroatoms.